The molecule has 0 bridgehead atoms. The summed E-state index contributed by atoms with van der Waals surface area (Å²) < 4.78 is 0. The maximum absolute atomic E-state index is 12.4. The molecule has 2 rings (SSSR count). The number of hydrogen-bond donors (Lipinski definition) is 1. The van der Waals surface area contributed by atoms with Gasteiger partial charge < -0.3 is 4.98 Å². The summed E-state index contributed by atoms with van der Waals surface area (Å²) in [6, 6.07) is 7.55. The summed E-state index contributed by atoms with van der Waals surface area (Å²) in [4.78, 5) is 20.7. The average molecular weight is 246 g/mol. The second-order valence-corrected chi connectivity index (χ2v) is 4.69. The summed E-state index contributed by atoms with van der Waals surface area (Å²) in [5, 5.41) is 2.33. The first kappa shape index (κ1) is 12.6. The van der Waals surface area contributed by atoms with E-state index in [1.165, 1.54) is 12.2 Å². The van der Waals surface area contributed by atoms with Gasteiger partial charge in [0.25, 0.3) is 5.91 Å². The molecule has 18 heavy (non-hydrogen) atoms. The third kappa shape index (κ3) is 2.38. The lowest BCUT2D eigenvalue weighted by atomic mass is 10.1. The number of rotatable bonds is 4. The molecule has 1 amide bonds. The number of fused-ring (bicyclic) bond motifs is 1. The van der Waals surface area contributed by atoms with Gasteiger partial charge in [-0.15, -0.1) is 0 Å². The number of carbonyl (C=O) groups is 1. The predicted molar refractivity (Wildman–Crippen MR) is 71.2 cm³/mol. The maximum atomic E-state index is 12.4. The molecular formula is C14H18N2O2. The van der Waals surface area contributed by atoms with Crippen LogP contribution in [0.2, 0.25) is 0 Å². The van der Waals surface area contributed by atoms with Gasteiger partial charge in [0.1, 0.15) is 0 Å². The van der Waals surface area contributed by atoms with Crippen LogP contribution in [0.15, 0.2) is 30.5 Å². The first-order valence-corrected chi connectivity index (χ1v) is 6.05. The number of hydroxylamine groups is 2. The molecule has 0 radical (unpaired) electrons. The van der Waals surface area contributed by atoms with E-state index >= 15 is 0 Å². The fourth-order valence-corrected chi connectivity index (χ4v) is 1.98. The van der Waals surface area contributed by atoms with Crippen LogP contribution in [0, 0.1) is 5.92 Å². The first-order valence-electron chi connectivity index (χ1n) is 6.05. The van der Waals surface area contributed by atoms with Crippen LogP contribution in [-0.2, 0) is 4.84 Å². The second kappa shape index (κ2) is 5.23. The van der Waals surface area contributed by atoms with E-state index in [4.69, 9.17) is 4.84 Å². The Hall–Kier alpha value is -1.81. The molecule has 4 nitrogen and oxygen atoms in total. The SMILES string of the molecule is CON(CC(C)C)C(=O)c1cccc2[nH]ccc12. The number of amides is 1. The second-order valence-electron chi connectivity index (χ2n) is 4.69. The largest absolute Gasteiger partial charge is 0.361 e. The molecule has 0 spiro atoms. The molecule has 0 aliphatic rings. The van der Waals surface area contributed by atoms with Crippen LogP contribution >= 0.6 is 0 Å². The molecule has 0 saturated heterocycles. The number of aromatic nitrogens is 1. The van der Waals surface area contributed by atoms with Crippen LogP contribution in [0.4, 0.5) is 0 Å². The molecule has 0 aliphatic heterocycles. The minimum absolute atomic E-state index is 0.101. The molecule has 0 aliphatic carbocycles. The van der Waals surface area contributed by atoms with Gasteiger partial charge in [0.15, 0.2) is 0 Å². The van der Waals surface area contributed by atoms with Gasteiger partial charge in [-0.2, -0.15) is 0 Å². The van der Waals surface area contributed by atoms with E-state index in [0.29, 0.717) is 18.0 Å². The number of aromatic amines is 1. The van der Waals surface area contributed by atoms with E-state index in [2.05, 4.69) is 18.8 Å². The number of carbonyl (C=O) groups excluding carboxylic acids is 1. The highest BCUT2D eigenvalue weighted by Crippen LogP contribution is 2.19. The Kier molecular flexibility index (Phi) is 3.67. The fourth-order valence-electron chi connectivity index (χ4n) is 1.98. The van der Waals surface area contributed by atoms with E-state index in [1.54, 1.807) is 0 Å². The van der Waals surface area contributed by atoms with E-state index < -0.39 is 0 Å². The van der Waals surface area contributed by atoms with Crippen molar-refractivity contribution < 1.29 is 9.63 Å². The van der Waals surface area contributed by atoms with E-state index in [0.717, 1.165) is 10.9 Å². The quantitative estimate of drug-likeness (QED) is 0.843. The van der Waals surface area contributed by atoms with Gasteiger partial charge in [-0.1, -0.05) is 19.9 Å². The molecule has 96 valence electrons. The maximum Gasteiger partial charge on any atom is 0.278 e. The lowest BCUT2D eigenvalue weighted by molar-refractivity contribution is -0.101. The number of hydrogen-bond acceptors (Lipinski definition) is 2. The van der Waals surface area contributed by atoms with Crippen LogP contribution in [0.1, 0.15) is 24.2 Å². The molecule has 2 aromatic rings. The van der Waals surface area contributed by atoms with Crippen LogP contribution in [0.25, 0.3) is 10.9 Å². The van der Waals surface area contributed by atoms with Crippen molar-refractivity contribution in [2.45, 2.75) is 13.8 Å². The van der Waals surface area contributed by atoms with Crippen LogP contribution in [0.3, 0.4) is 0 Å². The van der Waals surface area contributed by atoms with Crippen LogP contribution < -0.4 is 0 Å². The number of benzene rings is 1. The van der Waals surface area contributed by atoms with Crippen molar-refractivity contribution in [2.24, 2.45) is 5.92 Å². The third-order valence-electron chi connectivity index (χ3n) is 2.80. The fraction of sp³-hybridized carbons (Fsp3) is 0.357. The standard InChI is InChI=1S/C14H18N2O2/c1-10(2)9-16(18-3)14(17)12-5-4-6-13-11(12)7-8-15-13/h4-8,10,15H,9H2,1-3H3. The lowest BCUT2D eigenvalue weighted by Gasteiger charge is -2.21. The molecule has 0 unspecified atom stereocenters. The third-order valence-corrected chi connectivity index (χ3v) is 2.80. The lowest BCUT2D eigenvalue weighted by Crippen LogP contribution is -2.33. The van der Waals surface area contributed by atoms with Crippen LogP contribution in [-0.4, -0.2) is 29.6 Å². The molecular weight excluding hydrogens is 228 g/mol. The molecule has 1 heterocycles. The smallest absolute Gasteiger partial charge is 0.278 e. The van der Waals surface area contributed by atoms with Crippen molar-refractivity contribution in [2.75, 3.05) is 13.7 Å². The molecule has 0 fully saturated rings. The zero-order valence-electron chi connectivity index (χ0n) is 10.9. The van der Waals surface area contributed by atoms with Crippen molar-refractivity contribution in [1.82, 2.24) is 10.0 Å². The highest BCUT2D eigenvalue weighted by atomic mass is 16.7. The highest BCUT2D eigenvalue weighted by molar-refractivity contribution is 6.05. The van der Waals surface area contributed by atoms with Gasteiger partial charge in [0.2, 0.25) is 0 Å². The topological polar surface area (TPSA) is 45.3 Å². The van der Waals surface area contributed by atoms with Gasteiger partial charge in [0.05, 0.1) is 19.2 Å². The molecule has 0 atom stereocenters. The highest BCUT2D eigenvalue weighted by Gasteiger charge is 2.19. The van der Waals surface area contributed by atoms with Crippen molar-refractivity contribution in [3.8, 4) is 0 Å². The van der Waals surface area contributed by atoms with Crippen molar-refractivity contribution in [3.63, 3.8) is 0 Å². The van der Waals surface area contributed by atoms with E-state index in [-0.39, 0.29) is 5.91 Å². The summed E-state index contributed by atoms with van der Waals surface area (Å²) in [6.45, 7) is 4.68. The summed E-state index contributed by atoms with van der Waals surface area (Å²) in [5.41, 5.74) is 1.62. The number of nitrogens with zero attached hydrogens (tertiary/aromatic N) is 1. The Morgan fingerprint density at radius 2 is 2.17 bits per heavy atom. The minimum atomic E-state index is -0.101. The van der Waals surface area contributed by atoms with Gasteiger partial charge >= 0.3 is 0 Å². The Labute approximate surface area is 107 Å². The summed E-state index contributed by atoms with van der Waals surface area (Å²) in [7, 11) is 1.53. The molecule has 1 N–H and O–H groups in total. The van der Waals surface area contributed by atoms with Gasteiger partial charge in [-0.3, -0.25) is 9.63 Å². The summed E-state index contributed by atoms with van der Waals surface area (Å²) in [5.74, 6) is 0.260. The van der Waals surface area contributed by atoms with E-state index in [1.807, 2.05) is 30.5 Å². The number of nitrogens with one attached hydrogen (secondary N) is 1. The van der Waals surface area contributed by atoms with Crippen molar-refractivity contribution >= 4 is 16.8 Å². The Bertz CT molecular complexity index is 545. The zero-order valence-corrected chi connectivity index (χ0v) is 10.9. The van der Waals surface area contributed by atoms with Gasteiger partial charge in [-0.25, -0.2) is 5.06 Å². The average Bonchev–Trinajstić information content (AvgIpc) is 2.82. The normalized spacial score (nSPS) is 11.1. The van der Waals surface area contributed by atoms with Gasteiger partial charge in [0, 0.05) is 17.1 Å². The zero-order chi connectivity index (χ0) is 13.1. The monoisotopic (exact) mass is 246 g/mol. The molecule has 4 heteroatoms. The minimum Gasteiger partial charge on any atom is -0.361 e. The number of H-pyrrole nitrogens is 1. The Balaban J connectivity index is 2.35. The van der Waals surface area contributed by atoms with Crippen molar-refractivity contribution in [1.29, 1.82) is 0 Å². The molecule has 0 saturated carbocycles. The van der Waals surface area contributed by atoms with Gasteiger partial charge in [-0.05, 0) is 24.1 Å². The Morgan fingerprint density at radius 3 is 2.83 bits per heavy atom. The van der Waals surface area contributed by atoms with Crippen molar-refractivity contribution in [3.05, 3.63) is 36.0 Å². The molecule has 1 aromatic carbocycles. The Morgan fingerprint density at radius 1 is 1.39 bits per heavy atom. The summed E-state index contributed by atoms with van der Waals surface area (Å²) in [6.07, 6.45) is 1.83. The molecule has 1 aromatic heterocycles. The van der Waals surface area contributed by atoms with E-state index in [9.17, 15) is 4.79 Å². The predicted octanol–water partition coefficient (Wildman–Crippen LogP) is 2.83. The first-order chi connectivity index (χ1) is 8.63. The summed E-state index contributed by atoms with van der Waals surface area (Å²) >= 11 is 0. The van der Waals surface area contributed by atoms with Crippen LogP contribution in [0.5, 0.6) is 0 Å².